The molecule has 1 fully saturated rings. The molecule has 2 aliphatic heterocycles. The standard InChI is InChI=1S/C22H22FN3O5S2/c1-2-31-21(28)14-3-7-16(8-4-14)24-20(27)11-26(17-9-5-15(23)6-10-17)22-25-18-12-33(29,30)13-19(18)32-22/h3-10,18-19H,2,11-13H2,1H3,(H,24,27)/t18-,19-/m0/s1. The molecule has 0 radical (unpaired) electrons. The van der Waals surface area contributed by atoms with Gasteiger partial charge in [0.1, 0.15) is 12.4 Å². The van der Waals surface area contributed by atoms with Gasteiger partial charge in [0.2, 0.25) is 5.91 Å². The van der Waals surface area contributed by atoms with E-state index in [0.717, 1.165) is 0 Å². The van der Waals surface area contributed by atoms with Gasteiger partial charge in [-0.25, -0.2) is 17.6 Å². The van der Waals surface area contributed by atoms with Crippen molar-refractivity contribution in [2.45, 2.75) is 18.2 Å². The molecule has 2 atom stereocenters. The maximum atomic E-state index is 13.5. The Bertz CT molecular complexity index is 1180. The molecule has 1 N–H and O–H groups in total. The summed E-state index contributed by atoms with van der Waals surface area (Å²) in [6.45, 7) is 1.88. The number of benzene rings is 2. The Kier molecular flexibility index (Phi) is 6.71. The fraction of sp³-hybridized carbons (Fsp3) is 0.318. The number of rotatable bonds is 6. The molecule has 0 saturated carbocycles. The molecular formula is C22H22FN3O5S2. The van der Waals surface area contributed by atoms with Gasteiger partial charge < -0.3 is 15.0 Å². The van der Waals surface area contributed by atoms with Crippen molar-refractivity contribution >= 4 is 50.0 Å². The van der Waals surface area contributed by atoms with Gasteiger partial charge in [-0.3, -0.25) is 9.79 Å². The van der Waals surface area contributed by atoms with E-state index in [2.05, 4.69) is 10.3 Å². The predicted octanol–water partition coefficient (Wildman–Crippen LogP) is 2.72. The van der Waals surface area contributed by atoms with Gasteiger partial charge in [0.05, 0.1) is 29.7 Å². The van der Waals surface area contributed by atoms with Gasteiger partial charge in [0, 0.05) is 16.6 Å². The van der Waals surface area contributed by atoms with Crippen LogP contribution in [-0.2, 0) is 19.4 Å². The summed E-state index contributed by atoms with van der Waals surface area (Å²) in [6, 6.07) is 11.6. The summed E-state index contributed by atoms with van der Waals surface area (Å²) in [7, 11) is -3.11. The lowest BCUT2D eigenvalue weighted by molar-refractivity contribution is -0.114. The topological polar surface area (TPSA) is 105 Å². The first kappa shape index (κ1) is 23.2. The second-order valence-electron chi connectivity index (χ2n) is 7.62. The fourth-order valence-corrected chi connectivity index (χ4v) is 7.39. The van der Waals surface area contributed by atoms with Crippen LogP contribution < -0.4 is 10.2 Å². The van der Waals surface area contributed by atoms with E-state index < -0.39 is 21.6 Å². The molecule has 4 rings (SSSR count). The summed E-state index contributed by atoms with van der Waals surface area (Å²) in [5.74, 6) is -1.16. The summed E-state index contributed by atoms with van der Waals surface area (Å²) in [5, 5.41) is 3.11. The van der Waals surface area contributed by atoms with Crippen LogP contribution in [0.4, 0.5) is 15.8 Å². The quantitative estimate of drug-likeness (QED) is 0.620. The first-order valence-corrected chi connectivity index (χ1v) is 13.0. The van der Waals surface area contributed by atoms with Crippen molar-refractivity contribution in [1.29, 1.82) is 0 Å². The molecule has 11 heteroatoms. The largest absolute Gasteiger partial charge is 0.462 e. The van der Waals surface area contributed by atoms with Crippen LogP contribution >= 0.6 is 11.8 Å². The molecule has 0 unspecified atom stereocenters. The van der Waals surface area contributed by atoms with Crippen molar-refractivity contribution < 1.29 is 27.1 Å². The number of thioether (sulfide) groups is 1. The Morgan fingerprint density at radius 1 is 1.15 bits per heavy atom. The van der Waals surface area contributed by atoms with Crippen LogP contribution in [-0.4, -0.2) is 61.4 Å². The van der Waals surface area contributed by atoms with Crippen LogP contribution in [0.5, 0.6) is 0 Å². The number of nitrogens with zero attached hydrogens (tertiary/aromatic N) is 2. The number of halogens is 1. The van der Waals surface area contributed by atoms with Gasteiger partial charge in [0.25, 0.3) is 0 Å². The van der Waals surface area contributed by atoms with Crippen molar-refractivity contribution in [3.05, 3.63) is 59.9 Å². The zero-order chi connectivity index (χ0) is 23.6. The first-order chi connectivity index (χ1) is 15.7. The molecule has 1 amide bonds. The Morgan fingerprint density at radius 2 is 1.85 bits per heavy atom. The van der Waals surface area contributed by atoms with Gasteiger partial charge >= 0.3 is 5.97 Å². The van der Waals surface area contributed by atoms with E-state index in [-0.39, 0.29) is 41.9 Å². The number of ether oxygens (including phenoxy) is 1. The number of carbonyl (C=O) groups is 2. The summed E-state index contributed by atoms with van der Waals surface area (Å²) in [5.41, 5.74) is 1.44. The maximum Gasteiger partial charge on any atom is 0.338 e. The fourth-order valence-electron chi connectivity index (χ4n) is 3.61. The van der Waals surface area contributed by atoms with Crippen LogP contribution in [0.25, 0.3) is 0 Å². The van der Waals surface area contributed by atoms with E-state index in [1.165, 1.54) is 23.9 Å². The van der Waals surface area contributed by atoms with Crippen LogP contribution in [0.2, 0.25) is 0 Å². The van der Waals surface area contributed by atoms with E-state index in [9.17, 15) is 22.4 Å². The third-order valence-electron chi connectivity index (χ3n) is 5.16. The molecule has 33 heavy (non-hydrogen) atoms. The molecule has 174 valence electrons. The van der Waals surface area contributed by atoms with Crippen LogP contribution in [0, 0.1) is 5.82 Å². The SMILES string of the molecule is CCOC(=O)c1ccc(NC(=O)CN(C2=N[C@H]3CS(=O)(=O)C[C@@H]3S2)c2ccc(F)cc2)cc1. The van der Waals surface area contributed by atoms with Crippen LogP contribution in [0.15, 0.2) is 53.5 Å². The monoisotopic (exact) mass is 491 g/mol. The van der Waals surface area contributed by atoms with E-state index in [1.54, 1.807) is 48.2 Å². The number of aliphatic imine (C=N–C) groups is 1. The van der Waals surface area contributed by atoms with E-state index in [0.29, 0.717) is 22.1 Å². The Balaban J connectivity index is 1.49. The molecule has 2 aliphatic rings. The molecule has 2 heterocycles. The lowest BCUT2D eigenvalue weighted by atomic mass is 10.2. The van der Waals surface area contributed by atoms with Crippen molar-refractivity contribution in [1.82, 2.24) is 0 Å². The Hall–Kier alpha value is -2.92. The van der Waals surface area contributed by atoms with E-state index in [4.69, 9.17) is 4.74 Å². The lowest BCUT2D eigenvalue weighted by Gasteiger charge is -2.24. The minimum absolute atomic E-state index is 0.00949. The summed E-state index contributed by atoms with van der Waals surface area (Å²) < 4.78 is 42.2. The zero-order valence-electron chi connectivity index (χ0n) is 17.7. The molecule has 8 nitrogen and oxygen atoms in total. The van der Waals surface area contributed by atoms with Gasteiger partial charge in [-0.1, -0.05) is 11.8 Å². The highest BCUT2D eigenvalue weighted by molar-refractivity contribution is 8.15. The zero-order valence-corrected chi connectivity index (χ0v) is 19.4. The number of esters is 1. The molecule has 1 saturated heterocycles. The Morgan fingerprint density at radius 3 is 2.48 bits per heavy atom. The predicted molar refractivity (Wildman–Crippen MR) is 126 cm³/mol. The number of nitrogens with one attached hydrogen (secondary N) is 1. The number of hydrogen-bond donors (Lipinski definition) is 1. The van der Waals surface area contributed by atoms with Crippen molar-refractivity contribution in [3.8, 4) is 0 Å². The highest BCUT2D eigenvalue weighted by atomic mass is 32.2. The summed E-state index contributed by atoms with van der Waals surface area (Å²) in [4.78, 5) is 30.8. The van der Waals surface area contributed by atoms with Gasteiger partial charge in [-0.05, 0) is 55.5 Å². The molecule has 2 aromatic rings. The first-order valence-electron chi connectivity index (χ1n) is 10.3. The molecular weight excluding hydrogens is 469 g/mol. The highest BCUT2D eigenvalue weighted by Crippen LogP contribution is 2.36. The molecule has 0 bridgehead atoms. The molecule has 0 aliphatic carbocycles. The lowest BCUT2D eigenvalue weighted by Crippen LogP contribution is -2.36. The van der Waals surface area contributed by atoms with E-state index >= 15 is 0 Å². The highest BCUT2D eigenvalue weighted by Gasteiger charge is 2.44. The normalized spacial score (nSPS) is 20.6. The minimum Gasteiger partial charge on any atom is -0.462 e. The molecule has 0 aromatic heterocycles. The number of fused-ring (bicyclic) bond motifs is 1. The third-order valence-corrected chi connectivity index (χ3v) is 8.40. The number of anilines is 2. The number of hydrogen-bond acceptors (Lipinski definition) is 8. The van der Waals surface area contributed by atoms with Gasteiger partial charge in [0.15, 0.2) is 15.0 Å². The average Bonchev–Trinajstić information content (AvgIpc) is 3.27. The Labute approximate surface area is 195 Å². The summed E-state index contributed by atoms with van der Waals surface area (Å²) >= 11 is 1.32. The van der Waals surface area contributed by atoms with E-state index in [1.807, 2.05) is 0 Å². The maximum absolute atomic E-state index is 13.5. The number of amidine groups is 1. The van der Waals surface area contributed by atoms with Crippen LogP contribution in [0.1, 0.15) is 17.3 Å². The van der Waals surface area contributed by atoms with Crippen molar-refractivity contribution in [2.24, 2.45) is 4.99 Å². The number of amides is 1. The van der Waals surface area contributed by atoms with Crippen molar-refractivity contribution in [2.75, 3.05) is 34.9 Å². The summed E-state index contributed by atoms with van der Waals surface area (Å²) in [6.07, 6.45) is 0. The van der Waals surface area contributed by atoms with Gasteiger partial charge in [-0.15, -0.1) is 0 Å². The second-order valence-corrected chi connectivity index (χ2v) is 11.0. The van der Waals surface area contributed by atoms with Gasteiger partial charge in [-0.2, -0.15) is 0 Å². The van der Waals surface area contributed by atoms with Crippen molar-refractivity contribution in [3.63, 3.8) is 0 Å². The number of carbonyl (C=O) groups excluding carboxylic acids is 2. The smallest absolute Gasteiger partial charge is 0.338 e. The minimum atomic E-state index is -3.11. The molecule has 2 aromatic carbocycles. The van der Waals surface area contributed by atoms with Crippen LogP contribution in [0.3, 0.4) is 0 Å². The average molecular weight is 492 g/mol. The third kappa shape index (κ3) is 5.53. The molecule has 0 spiro atoms. The second kappa shape index (κ2) is 9.52. The number of sulfone groups is 1.